The van der Waals surface area contributed by atoms with E-state index in [0.717, 1.165) is 37.6 Å². The Labute approximate surface area is 120 Å². The van der Waals surface area contributed by atoms with Crippen LogP contribution in [0.4, 0.5) is 19.0 Å². The molecule has 1 aliphatic rings. The summed E-state index contributed by atoms with van der Waals surface area (Å²) in [5, 5.41) is 8.77. The fraction of sp³-hybridized carbons (Fsp3) is 0.571. The van der Waals surface area contributed by atoms with E-state index in [0.29, 0.717) is 13.0 Å². The smallest absolute Gasteiger partial charge is 0.416 e. The molecule has 0 aliphatic carbocycles. The number of aliphatic carboxylic acids is 1. The van der Waals surface area contributed by atoms with Gasteiger partial charge in [-0.05, 0) is 37.8 Å². The number of hydrogen-bond donors (Lipinski definition) is 1. The topological polar surface area (TPSA) is 53.4 Å². The van der Waals surface area contributed by atoms with E-state index in [4.69, 9.17) is 5.11 Å². The number of aromatic nitrogens is 1. The molecule has 0 bridgehead atoms. The molecule has 0 saturated carbocycles. The third kappa shape index (κ3) is 4.09. The van der Waals surface area contributed by atoms with Crippen molar-refractivity contribution in [2.45, 2.75) is 44.3 Å². The number of carboxylic acids is 1. The minimum Gasteiger partial charge on any atom is -0.481 e. The minimum absolute atomic E-state index is 0.0140. The molecular weight excluding hydrogens is 285 g/mol. The SMILES string of the molecule is O=C(O)CCC1CCCCN1c1cc(C(F)(F)F)ccn1. The second kappa shape index (κ2) is 6.32. The maximum Gasteiger partial charge on any atom is 0.416 e. The van der Waals surface area contributed by atoms with Crippen molar-refractivity contribution in [2.24, 2.45) is 0 Å². The zero-order chi connectivity index (χ0) is 15.5. The van der Waals surface area contributed by atoms with Gasteiger partial charge in [-0.2, -0.15) is 13.2 Å². The normalized spacial score (nSPS) is 19.6. The van der Waals surface area contributed by atoms with Crippen LogP contribution in [0, 0.1) is 0 Å². The van der Waals surface area contributed by atoms with Crippen LogP contribution < -0.4 is 4.90 Å². The molecule has 1 N–H and O–H groups in total. The summed E-state index contributed by atoms with van der Waals surface area (Å²) < 4.78 is 38.3. The molecule has 7 heteroatoms. The highest BCUT2D eigenvalue weighted by molar-refractivity contribution is 5.66. The van der Waals surface area contributed by atoms with Gasteiger partial charge in [0.2, 0.25) is 0 Å². The van der Waals surface area contributed by atoms with Crippen LogP contribution in [0.15, 0.2) is 18.3 Å². The van der Waals surface area contributed by atoms with Crippen LogP contribution in [0.1, 0.15) is 37.7 Å². The quantitative estimate of drug-likeness (QED) is 0.927. The number of nitrogens with zero attached hydrogens (tertiary/aromatic N) is 2. The van der Waals surface area contributed by atoms with E-state index < -0.39 is 17.7 Å². The molecule has 1 aromatic heterocycles. The molecular formula is C14H17F3N2O2. The first-order valence-electron chi connectivity index (χ1n) is 6.89. The third-order valence-corrected chi connectivity index (χ3v) is 3.69. The van der Waals surface area contributed by atoms with Gasteiger partial charge >= 0.3 is 12.1 Å². The van der Waals surface area contributed by atoms with Crippen LogP contribution in [-0.2, 0) is 11.0 Å². The van der Waals surface area contributed by atoms with Crippen LogP contribution in [0.5, 0.6) is 0 Å². The number of halogens is 3. The molecule has 1 aliphatic heterocycles. The van der Waals surface area contributed by atoms with Gasteiger partial charge in [0.15, 0.2) is 0 Å². The maximum atomic E-state index is 12.8. The Hall–Kier alpha value is -1.79. The van der Waals surface area contributed by atoms with Gasteiger partial charge in [-0.15, -0.1) is 0 Å². The Balaban J connectivity index is 2.19. The molecule has 21 heavy (non-hydrogen) atoms. The summed E-state index contributed by atoms with van der Waals surface area (Å²) in [7, 11) is 0. The lowest BCUT2D eigenvalue weighted by molar-refractivity contribution is -0.138. The molecule has 1 aromatic rings. The Morgan fingerprint density at radius 3 is 2.86 bits per heavy atom. The van der Waals surface area contributed by atoms with Gasteiger partial charge in [0.1, 0.15) is 5.82 Å². The van der Waals surface area contributed by atoms with Gasteiger partial charge in [-0.25, -0.2) is 4.98 Å². The Morgan fingerprint density at radius 1 is 1.43 bits per heavy atom. The molecule has 0 aromatic carbocycles. The number of rotatable bonds is 4. The number of carbonyl (C=O) groups is 1. The average Bonchev–Trinajstić information content (AvgIpc) is 2.44. The van der Waals surface area contributed by atoms with E-state index in [1.165, 1.54) is 0 Å². The first kappa shape index (κ1) is 15.6. The summed E-state index contributed by atoms with van der Waals surface area (Å²) in [5.74, 6) is -0.613. The van der Waals surface area contributed by atoms with E-state index in [-0.39, 0.29) is 18.3 Å². The maximum absolute atomic E-state index is 12.8. The summed E-state index contributed by atoms with van der Waals surface area (Å²) in [6.07, 6.45) is -0.190. The first-order chi connectivity index (χ1) is 9.88. The van der Waals surface area contributed by atoms with Gasteiger partial charge in [-0.1, -0.05) is 0 Å². The van der Waals surface area contributed by atoms with E-state index in [1.807, 2.05) is 4.90 Å². The highest BCUT2D eigenvalue weighted by Crippen LogP contribution is 2.32. The second-order valence-corrected chi connectivity index (χ2v) is 5.18. The van der Waals surface area contributed by atoms with Crippen LogP contribution in [0.3, 0.4) is 0 Å². The van der Waals surface area contributed by atoms with Gasteiger partial charge in [0, 0.05) is 25.2 Å². The Bertz CT molecular complexity index is 505. The van der Waals surface area contributed by atoms with Gasteiger partial charge in [-0.3, -0.25) is 4.79 Å². The van der Waals surface area contributed by atoms with Gasteiger partial charge in [0.05, 0.1) is 5.56 Å². The number of anilines is 1. The molecule has 1 saturated heterocycles. The average molecular weight is 302 g/mol. The molecule has 4 nitrogen and oxygen atoms in total. The molecule has 0 spiro atoms. The fourth-order valence-corrected chi connectivity index (χ4v) is 2.64. The van der Waals surface area contributed by atoms with E-state index in [1.54, 1.807) is 0 Å². The molecule has 2 rings (SSSR count). The summed E-state index contributed by atoms with van der Waals surface area (Å²) in [6.45, 7) is 0.610. The van der Waals surface area contributed by atoms with Crippen molar-refractivity contribution in [1.29, 1.82) is 0 Å². The Morgan fingerprint density at radius 2 is 2.19 bits per heavy atom. The number of carboxylic acid groups (broad SMARTS) is 1. The molecule has 2 heterocycles. The monoisotopic (exact) mass is 302 g/mol. The van der Waals surface area contributed by atoms with Crippen molar-refractivity contribution in [2.75, 3.05) is 11.4 Å². The fourth-order valence-electron chi connectivity index (χ4n) is 2.64. The molecule has 116 valence electrons. The summed E-state index contributed by atoms with van der Waals surface area (Å²) in [4.78, 5) is 16.5. The number of pyridine rings is 1. The third-order valence-electron chi connectivity index (χ3n) is 3.69. The van der Waals surface area contributed by atoms with Crippen LogP contribution >= 0.6 is 0 Å². The van der Waals surface area contributed by atoms with Crippen molar-refractivity contribution >= 4 is 11.8 Å². The van der Waals surface area contributed by atoms with Crippen LogP contribution in [0.25, 0.3) is 0 Å². The van der Waals surface area contributed by atoms with E-state index in [9.17, 15) is 18.0 Å². The van der Waals surface area contributed by atoms with Crippen molar-refractivity contribution in [1.82, 2.24) is 4.98 Å². The molecule has 1 fully saturated rings. The van der Waals surface area contributed by atoms with Gasteiger partial charge < -0.3 is 10.0 Å². The van der Waals surface area contributed by atoms with Crippen LogP contribution in [-0.4, -0.2) is 28.6 Å². The van der Waals surface area contributed by atoms with Crippen molar-refractivity contribution in [3.8, 4) is 0 Å². The van der Waals surface area contributed by atoms with Crippen molar-refractivity contribution in [3.63, 3.8) is 0 Å². The predicted octanol–water partition coefficient (Wildman–Crippen LogP) is 3.32. The second-order valence-electron chi connectivity index (χ2n) is 5.18. The standard InChI is InChI=1S/C14H17F3N2O2/c15-14(16,17)10-6-7-18-12(9-10)19-8-2-1-3-11(19)4-5-13(20)21/h6-7,9,11H,1-5,8H2,(H,20,21). The predicted molar refractivity (Wildman–Crippen MR) is 71.1 cm³/mol. The summed E-state index contributed by atoms with van der Waals surface area (Å²) in [6, 6.07) is 1.92. The highest BCUT2D eigenvalue weighted by Gasteiger charge is 2.32. The Kier molecular flexibility index (Phi) is 4.69. The van der Waals surface area contributed by atoms with Crippen molar-refractivity contribution < 1.29 is 23.1 Å². The zero-order valence-electron chi connectivity index (χ0n) is 11.4. The highest BCUT2D eigenvalue weighted by atomic mass is 19.4. The number of piperidine rings is 1. The summed E-state index contributed by atoms with van der Waals surface area (Å²) >= 11 is 0. The largest absolute Gasteiger partial charge is 0.481 e. The molecule has 0 amide bonds. The van der Waals surface area contributed by atoms with E-state index in [2.05, 4.69) is 4.98 Å². The number of hydrogen-bond acceptors (Lipinski definition) is 3. The summed E-state index contributed by atoms with van der Waals surface area (Å²) in [5.41, 5.74) is -0.727. The molecule has 0 radical (unpaired) electrons. The minimum atomic E-state index is -4.40. The lowest BCUT2D eigenvalue weighted by atomic mass is 9.97. The number of alkyl halides is 3. The zero-order valence-corrected chi connectivity index (χ0v) is 11.4. The van der Waals surface area contributed by atoms with E-state index >= 15 is 0 Å². The molecule has 1 atom stereocenters. The molecule has 1 unspecified atom stereocenters. The van der Waals surface area contributed by atoms with Crippen molar-refractivity contribution in [3.05, 3.63) is 23.9 Å². The van der Waals surface area contributed by atoms with Crippen LogP contribution in [0.2, 0.25) is 0 Å². The lowest BCUT2D eigenvalue weighted by Gasteiger charge is -2.36. The van der Waals surface area contributed by atoms with Gasteiger partial charge in [0.25, 0.3) is 0 Å². The first-order valence-corrected chi connectivity index (χ1v) is 6.89. The lowest BCUT2D eigenvalue weighted by Crippen LogP contribution is -2.40.